The Morgan fingerprint density at radius 2 is 1.91 bits per heavy atom. The van der Waals surface area contributed by atoms with Crippen LogP contribution in [0.25, 0.3) is 10.2 Å². The highest BCUT2D eigenvalue weighted by atomic mass is 79.9. The number of thiazole rings is 1. The number of fused-ring (bicyclic) bond motifs is 1. The number of aryl methyl sites for hydroxylation is 1. The van der Waals surface area contributed by atoms with E-state index in [4.69, 9.17) is 5.73 Å². The molecule has 1 aromatic heterocycles. The first-order valence-electron chi connectivity index (χ1n) is 6.30. The van der Waals surface area contributed by atoms with E-state index < -0.39 is 10.0 Å². The highest BCUT2D eigenvalue weighted by molar-refractivity contribution is 9.10. The molecule has 0 saturated heterocycles. The van der Waals surface area contributed by atoms with Crippen molar-refractivity contribution in [2.24, 2.45) is 0 Å². The van der Waals surface area contributed by atoms with Crippen LogP contribution in [0.3, 0.4) is 0 Å². The van der Waals surface area contributed by atoms with E-state index in [1.54, 1.807) is 36.4 Å². The average Bonchev–Trinajstić information content (AvgIpc) is 2.80. The second kappa shape index (κ2) is 5.53. The molecule has 2 aromatic carbocycles. The first kappa shape index (κ1) is 15.3. The van der Waals surface area contributed by atoms with Gasteiger partial charge in [-0.15, -0.1) is 0 Å². The van der Waals surface area contributed by atoms with Crippen molar-refractivity contribution in [3.63, 3.8) is 0 Å². The van der Waals surface area contributed by atoms with Crippen LogP contribution in [-0.4, -0.2) is 13.4 Å². The van der Waals surface area contributed by atoms with Gasteiger partial charge in [-0.3, -0.25) is 4.72 Å². The molecule has 0 atom stereocenters. The fraction of sp³-hybridized carbons (Fsp3) is 0.0714. The highest BCUT2D eigenvalue weighted by Gasteiger charge is 2.15. The standard InChI is InChI=1S/C14H12BrN3O2S2/c1-8-2-4-10(5-3-8)22(19,20)18-9-6-11(15)13-12(7-9)21-14(16)17-13/h2-7,18H,1H3,(H2,16,17). The molecule has 22 heavy (non-hydrogen) atoms. The number of benzene rings is 2. The van der Waals surface area contributed by atoms with Crippen molar-refractivity contribution >= 4 is 58.3 Å². The Labute approximate surface area is 140 Å². The molecular weight excluding hydrogens is 386 g/mol. The maximum absolute atomic E-state index is 12.4. The van der Waals surface area contributed by atoms with E-state index in [0.29, 0.717) is 15.3 Å². The molecule has 0 unspecified atom stereocenters. The summed E-state index contributed by atoms with van der Waals surface area (Å²) in [5.74, 6) is 0. The quantitative estimate of drug-likeness (QED) is 0.704. The van der Waals surface area contributed by atoms with Gasteiger partial charge in [0.05, 0.1) is 20.8 Å². The third-order valence-corrected chi connectivity index (χ3v) is 5.88. The molecule has 8 heteroatoms. The Hall–Kier alpha value is -1.64. The summed E-state index contributed by atoms with van der Waals surface area (Å²) >= 11 is 4.69. The first-order valence-corrected chi connectivity index (χ1v) is 9.39. The van der Waals surface area contributed by atoms with Gasteiger partial charge in [0, 0.05) is 4.47 Å². The fourth-order valence-electron chi connectivity index (χ4n) is 2.00. The van der Waals surface area contributed by atoms with Crippen LogP contribution >= 0.6 is 27.3 Å². The van der Waals surface area contributed by atoms with Crippen LogP contribution in [-0.2, 0) is 10.0 Å². The Morgan fingerprint density at radius 3 is 2.59 bits per heavy atom. The van der Waals surface area contributed by atoms with Crippen molar-refractivity contribution in [3.05, 3.63) is 46.4 Å². The molecule has 1 heterocycles. The van der Waals surface area contributed by atoms with E-state index in [2.05, 4.69) is 25.6 Å². The van der Waals surface area contributed by atoms with Gasteiger partial charge >= 0.3 is 0 Å². The fourth-order valence-corrected chi connectivity index (χ4v) is 4.52. The predicted octanol–water partition coefficient (Wildman–Crippen LogP) is 3.75. The summed E-state index contributed by atoms with van der Waals surface area (Å²) in [4.78, 5) is 4.41. The van der Waals surface area contributed by atoms with Crippen molar-refractivity contribution < 1.29 is 8.42 Å². The van der Waals surface area contributed by atoms with Crippen LogP contribution in [0.4, 0.5) is 10.8 Å². The summed E-state index contributed by atoms with van der Waals surface area (Å²) in [7, 11) is -3.63. The SMILES string of the molecule is Cc1ccc(S(=O)(=O)Nc2cc(Br)c3nc(N)sc3c2)cc1. The Morgan fingerprint density at radius 1 is 1.23 bits per heavy atom. The molecular formula is C14H12BrN3O2S2. The molecule has 3 N–H and O–H groups in total. The molecule has 0 spiro atoms. The van der Waals surface area contributed by atoms with Gasteiger partial charge in [-0.2, -0.15) is 0 Å². The lowest BCUT2D eigenvalue weighted by molar-refractivity contribution is 0.601. The molecule has 114 valence electrons. The van der Waals surface area contributed by atoms with Crippen LogP contribution in [0.5, 0.6) is 0 Å². The molecule has 3 aromatic rings. The van der Waals surface area contributed by atoms with E-state index in [0.717, 1.165) is 15.8 Å². The monoisotopic (exact) mass is 397 g/mol. The van der Waals surface area contributed by atoms with E-state index in [1.807, 2.05) is 6.92 Å². The van der Waals surface area contributed by atoms with Gasteiger partial charge in [-0.25, -0.2) is 13.4 Å². The van der Waals surface area contributed by atoms with Gasteiger partial charge in [0.1, 0.15) is 0 Å². The van der Waals surface area contributed by atoms with Crippen molar-refractivity contribution in [3.8, 4) is 0 Å². The molecule has 0 bridgehead atoms. The van der Waals surface area contributed by atoms with Gasteiger partial charge in [0.15, 0.2) is 5.13 Å². The number of hydrogen-bond acceptors (Lipinski definition) is 5. The zero-order chi connectivity index (χ0) is 15.9. The van der Waals surface area contributed by atoms with Crippen molar-refractivity contribution in [1.82, 2.24) is 4.98 Å². The Kier molecular flexibility index (Phi) is 3.84. The molecule has 0 amide bonds. The van der Waals surface area contributed by atoms with E-state index in [9.17, 15) is 8.42 Å². The smallest absolute Gasteiger partial charge is 0.261 e. The normalized spacial score (nSPS) is 11.7. The number of aromatic nitrogens is 1. The highest BCUT2D eigenvalue weighted by Crippen LogP contribution is 2.33. The predicted molar refractivity (Wildman–Crippen MR) is 93.7 cm³/mol. The van der Waals surface area contributed by atoms with Crippen molar-refractivity contribution in [1.29, 1.82) is 0 Å². The van der Waals surface area contributed by atoms with Crippen LogP contribution < -0.4 is 10.5 Å². The maximum atomic E-state index is 12.4. The Bertz CT molecular complexity index is 950. The van der Waals surface area contributed by atoms with Crippen molar-refractivity contribution in [2.75, 3.05) is 10.5 Å². The molecule has 3 rings (SSSR count). The largest absolute Gasteiger partial charge is 0.375 e. The number of rotatable bonds is 3. The lowest BCUT2D eigenvalue weighted by atomic mass is 10.2. The number of nitrogens with zero attached hydrogens (tertiary/aromatic N) is 1. The maximum Gasteiger partial charge on any atom is 0.261 e. The summed E-state index contributed by atoms with van der Waals surface area (Å²) < 4.78 is 28.9. The summed E-state index contributed by atoms with van der Waals surface area (Å²) in [5.41, 5.74) is 7.88. The van der Waals surface area contributed by atoms with E-state index in [-0.39, 0.29) is 4.90 Å². The topological polar surface area (TPSA) is 85.1 Å². The third kappa shape index (κ3) is 2.94. The molecule has 0 aliphatic carbocycles. The van der Waals surface area contributed by atoms with Crippen LogP contribution in [0, 0.1) is 6.92 Å². The summed E-state index contributed by atoms with van der Waals surface area (Å²) in [6, 6.07) is 10.1. The van der Waals surface area contributed by atoms with Crippen LogP contribution in [0.2, 0.25) is 0 Å². The van der Waals surface area contributed by atoms with Gasteiger partial charge in [-0.05, 0) is 47.1 Å². The first-order chi connectivity index (χ1) is 10.3. The Balaban J connectivity index is 2.00. The van der Waals surface area contributed by atoms with Crippen LogP contribution in [0.1, 0.15) is 5.56 Å². The molecule has 0 aliphatic heterocycles. The van der Waals surface area contributed by atoms with Gasteiger partial charge < -0.3 is 5.73 Å². The van der Waals surface area contributed by atoms with Gasteiger partial charge in [0.2, 0.25) is 0 Å². The minimum Gasteiger partial charge on any atom is -0.375 e. The summed E-state index contributed by atoms with van der Waals surface area (Å²) in [5, 5.41) is 0.439. The molecule has 0 fully saturated rings. The molecule has 0 radical (unpaired) electrons. The lowest BCUT2D eigenvalue weighted by Crippen LogP contribution is -2.12. The number of nitrogen functional groups attached to an aromatic ring is 1. The van der Waals surface area contributed by atoms with E-state index in [1.165, 1.54) is 11.3 Å². The second-order valence-electron chi connectivity index (χ2n) is 4.78. The summed E-state index contributed by atoms with van der Waals surface area (Å²) in [6.07, 6.45) is 0. The van der Waals surface area contributed by atoms with Crippen LogP contribution in [0.15, 0.2) is 45.8 Å². The molecule has 0 saturated carbocycles. The number of sulfonamides is 1. The van der Waals surface area contributed by atoms with Gasteiger partial charge in [-0.1, -0.05) is 29.0 Å². The number of nitrogens with one attached hydrogen (secondary N) is 1. The molecule has 5 nitrogen and oxygen atoms in total. The second-order valence-corrected chi connectivity index (χ2v) is 8.37. The number of halogens is 1. The number of nitrogens with two attached hydrogens (primary N) is 1. The average molecular weight is 398 g/mol. The van der Waals surface area contributed by atoms with Gasteiger partial charge in [0.25, 0.3) is 10.0 Å². The number of hydrogen-bond donors (Lipinski definition) is 2. The van der Waals surface area contributed by atoms with E-state index >= 15 is 0 Å². The minimum absolute atomic E-state index is 0.220. The van der Waals surface area contributed by atoms with Crippen molar-refractivity contribution in [2.45, 2.75) is 11.8 Å². The lowest BCUT2D eigenvalue weighted by Gasteiger charge is -2.09. The minimum atomic E-state index is -3.63. The molecule has 0 aliphatic rings. The summed E-state index contributed by atoms with van der Waals surface area (Å²) in [6.45, 7) is 1.91. The zero-order valence-electron chi connectivity index (χ0n) is 11.5. The number of anilines is 2. The third-order valence-electron chi connectivity index (χ3n) is 3.05. The zero-order valence-corrected chi connectivity index (χ0v) is 14.7.